The zero-order chi connectivity index (χ0) is 19.1. The minimum absolute atomic E-state index is 0.345. The Balaban J connectivity index is 2.08. The predicted octanol–water partition coefficient (Wildman–Crippen LogP) is 0.532. The first-order chi connectivity index (χ1) is 12.4. The maximum absolute atomic E-state index is 12.2. The highest BCUT2D eigenvalue weighted by Gasteiger charge is 2.26. The Morgan fingerprint density at radius 1 is 1.04 bits per heavy atom. The Morgan fingerprint density at radius 2 is 1.54 bits per heavy atom. The van der Waals surface area contributed by atoms with E-state index >= 15 is 0 Å². The number of aliphatic hydroxyl groups excluding tert-OH is 1. The van der Waals surface area contributed by atoms with Gasteiger partial charge in [-0.3, -0.25) is 4.79 Å². The second-order valence-electron chi connectivity index (χ2n) is 5.66. The minimum Gasteiger partial charge on any atom is -0.467 e. The second kappa shape index (κ2) is 8.88. The molecule has 0 bridgehead atoms. The summed E-state index contributed by atoms with van der Waals surface area (Å²) in [4.78, 5) is 23.8. The zero-order valence-electron chi connectivity index (χ0n) is 14.5. The van der Waals surface area contributed by atoms with Crippen LogP contribution in [-0.4, -0.2) is 44.1 Å². The van der Waals surface area contributed by atoms with Crippen LogP contribution < -0.4 is 10.8 Å². The summed E-state index contributed by atoms with van der Waals surface area (Å²) in [6.07, 6.45) is -1.07. The number of carbonyl (C=O) groups excluding carboxylic acids is 2. The summed E-state index contributed by atoms with van der Waals surface area (Å²) >= 11 is 0. The molecule has 0 aliphatic carbocycles. The van der Waals surface area contributed by atoms with Crippen LogP contribution in [0, 0.1) is 11.8 Å². The number of hydrogen-bond donors (Lipinski definition) is 2. The first-order valence-corrected chi connectivity index (χ1v) is 7.95. The van der Waals surface area contributed by atoms with Crippen LogP contribution in [0.1, 0.15) is 28.4 Å². The first-order valence-electron chi connectivity index (χ1n) is 7.95. The molecular formula is C20H18BNO4. The molecule has 6 heteroatoms. The summed E-state index contributed by atoms with van der Waals surface area (Å²) in [6.45, 7) is 1.40. The molecule has 0 aromatic heterocycles. The van der Waals surface area contributed by atoms with Crippen molar-refractivity contribution in [3.05, 3.63) is 65.2 Å². The molecule has 0 unspecified atom stereocenters. The molecule has 2 rings (SSSR count). The first kappa shape index (κ1) is 19.3. The molecule has 0 fully saturated rings. The Bertz CT molecular complexity index is 833. The van der Waals surface area contributed by atoms with E-state index in [2.05, 4.69) is 21.9 Å². The van der Waals surface area contributed by atoms with Crippen molar-refractivity contribution in [2.45, 2.75) is 19.1 Å². The van der Waals surface area contributed by atoms with Gasteiger partial charge >= 0.3 is 5.97 Å². The van der Waals surface area contributed by atoms with Crippen molar-refractivity contribution < 1.29 is 19.4 Å². The van der Waals surface area contributed by atoms with Crippen LogP contribution in [0.25, 0.3) is 0 Å². The minimum atomic E-state index is -1.13. The number of methoxy groups -OCH3 is 1. The van der Waals surface area contributed by atoms with Crippen molar-refractivity contribution in [2.24, 2.45) is 0 Å². The molecule has 0 aliphatic heterocycles. The van der Waals surface area contributed by atoms with Gasteiger partial charge in [0.05, 0.1) is 13.2 Å². The normalized spacial score (nSPS) is 12.3. The average Bonchev–Trinajstić information content (AvgIpc) is 2.65. The summed E-state index contributed by atoms with van der Waals surface area (Å²) in [7, 11) is 6.82. The van der Waals surface area contributed by atoms with Gasteiger partial charge in [-0.1, -0.05) is 29.4 Å². The number of carbonyl (C=O) groups is 2. The fourth-order valence-corrected chi connectivity index (χ4v) is 2.14. The molecule has 5 nitrogen and oxygen atoms in total. The number of nitrogens with one attached hydrogen (secondary N) is 1. The van der Waals surface area contributed by atoms with Gasteiger partial charge in [0.25, 0.3) is 5.91 Å². The maximum atomic E-state index is 12.2. The lowest BCUT2D eigenvalue weighted by molar-refractivity contribution is -0.145. The van der Waals surface area contributed by atoms with Gasteiger partial charge in [0, 0.05) is 16.7 Å². The fourth-order valence-electron chi connectivity index (χ4n) is 2.14. The molecule has 26 heavy (non-hydrogen) atoms. The van der Waals surface area contributed by atoms with Crippen LogP contribution in [-0.2, 0) is 9.53 Å². The Kier molecular flexibility index (Phi) is 6.59. The fraction of sp³-hybridized carbons (Fsp3) is 0.200. The number of amides is 1. The molecule has 2 aromatic carbocycles. The van der Waals surface area contributed by atoms with Gasteiger partial charge < -0.3 is 15.2 Å². The van der Waals surface area contributed by atoms with E-state index in [0.29, 0.717) is 11.0 Å². The molecule has 0 heterocycles. The van der Waals surface area contributed by atoms with E-state index in [4.69, 9.17) is 7.85 Å². The molecule has 2 radical (unpaired) electrons. The predicted molar refractivity (Wildman–Crippen MR) is 99.2 cm³/mol. The SMILES string of the molecule is [B]c1ccc(C#Cc2ccc(C(=O)N[C@H](C(=O)OC)[C@@H](C)O)cc2)cc1. The lowest BCUT2D eigenvalue weighted by Crippen LogP contribution is -2.48. The van der Waals surface area contributed by atoms with Crippen LogP contribution >= 0.6 is 0 Å². The van der Waals surface area contributed by atoms with Crippen molar-refractivity contribution in [3.63, 3.8) is 0 Å². The Morgan fingerprint density at radius 3 is 2.00 bits per heavy atom. The van der Waals surface area contributed by atoms with Gasteiger partial charge in [-0.25, -0.2) is 4.79 Å². The average molecular weight is 347 g/mol. The highest BCUT2D eigenvalue weighted by molar-refractivity contribution is 6.32. The number of hydrogen-bond acceptors (Lipinski definition) is 4. The summed E-state index contributed by atoms with van der Waals surface area (Å²) in [5.41, 5.74) is 2.59. The number of aliphatic hydroxyl groups is 1. The molecule has 2 N–H and O–H groups in total. The quantitative estimate of drug-likeness (QED) is 0.481. The van der Waals surface area contributed by atoms with E-state index in [1.54, 1.807) is 36.4 Å². The molecule has 2 atom stereocenters. The van der Waals surface area contributed by atoms with Gasteiger partial charge in [-0.2, -0.15) is 0 Å². The van der Waals surface area contributed by atoms with Crippen molar-refractivity contribution in [2.75, 3.05) is 7.11 Å². The largest absolute Gasteiger partial charge is 0.467 e. The van der Waals surface area contributed by atoms with Crippen molar-refractivity contribution in [1.82, 2.24) is 5.32 Å². The maximum Gasteiger partial charge on any atom is 0.331 e. The lowest BCUT2D eigenvalue weighted by Gasteiger charge is -2.18. The van der Waals surface area contributed by atoms with Crippen LogP contribution in [0.5, 0.6) is 0 Å². The van der Waals surface area contributed by atoms with Gasteiger partial charge in [0.15, 0.2) is 6.04 Å². The number of rotatable bonds is 4. The van der Waals surface area contributed by atoms with Crippen molar-refractivity contribution >= 4 is 25.2 Å². The summed E-state index contributed by atoms with van der Waals surface area (Å²) in [6, 6.07) is 12.7. The van der Waals surface area contributed by atoms with E-state index in [9.17, 15) is 14.7 Å². The molecular weight excluding hydrogens is 329 g/mol. The molecule has 0 saturated carbocycles. The molecule has 0 spiro atoms. The van der Waals surface area contributed by atoms with Gasteiger partial charge in [0.2, 0.25) is 0 Å². The highest BCUT2D eigenvalue weighted by atomic mass is 16.5. The highest BCUT2D eigenvalue weighted by Crippen LogP contribution is 2.06. The number of esters is 1. The Hall–Kier alpha value is -3.04. The van der Waals surface area contributed by atoms with Crippen molar-refractivity contribution in [3.8, 4) is 11.8 Å². The topological polar surface area (TPSA) is 75.6 Å². The third-order valence-corrected chi connectivity index (χ3v) is 3.63. The number of benzene rings is 2. The molecule has 0 saturated heterocycles. The van der Waals surface area contributed by atoms with Gasteiger partial charge in [-0.05, 0) is 43.3 Å². The van der Waals surface area contributed by atoms with Crippen molar-refractivity contribution in [1.29, 1.82) is 0 Å². The van der Waals surface area contributed by atoms with Gasteiger partial charge in [-0.15, -0.1) is 0 Å². The molecule has 0 aliphatic rings. The summed E-state index contributed by atoms with van der Waals surface area (Å²) < 4.78 is 4.57. The third-order valence-electron chi connectivity index (χ3n) is 3.63. The van der Waals surface area contributed by atoms with Crippen LogP contribution in [0.3, 0.4) is 0 Å². The van der Waals surface area contributed by atoms with E-state index in [-0.39, 0.29) is 0 Å². The molecule has 2 aromatic rings. The lowest BCUT2D eigenvalue weighted by atomic mass is 9.95. The van der Waals surface area contributed by atoms with E-state index in [1.807, 2.05) is 12.1 Å². The van der Waals surface area contributed by atoms with Gasteiger partial charge in [0.1, 0.15) is 7.85 Å². The Labute approximate surface area is 153 Å². The summed E-state index contributed by atoms with van der Waals surface area (Å²) in [5, 5.41) is 12.1. The molecule has 1 amide bonds. The van der Waals surface area contributed by atoms with E-state index in [1.165, 1.54) is 14.0 Å². The monoisotopic (exact) mass is 347 g/mol. The third kappa shape index (κ3) is 5.23. The van der Waals surface area contributed by atoms with Crippen LogP contribution in [0.4, 0.5) is 0 Å². The number of ether oxygens (including phenoxy) is 1. The zero-order valence-corrected chi connectivity index (χ0v) is 14.5. The smallest absolute Gasteiger partial charge is 0.331 e. The summed E-state index contributed by atoms with van der Waals surface area (Å²) in [5.74, 6) is 4.81. The second-order valence-corrected chi connectivity index (χ2v) is 5.66. The molecule has 130 valence electrons. The van der Waals surface area contributed by atoms with E-state index in [0.717, 1.165) is 11.1 Å². The van der Waals surface area contributed by atoms with Crippen LogP contribution in [0.15, 0.2) is 48.5 Å². The van der Waals surface area contributed by atoms with E-state index < -0.39 is 24.0 Å². The standard InChI is InChI=1S/C20H18BNO4/c1-13(23)18(20(25)26-2)22-19(24)16-9-5-14(6-10-16)3-4-15-7-11-17(21)12-8-15/h5-13,18,23H,1-2H3,(H,22,24)/t13-,18+/m1/s1. The van der Waals surface area contributed by atoms with Crippen LogP contribution in [0.2, 0.25) is 0 Å².